The quantitative estimate of drug-likeness (QED) is 0.888. The lowest BCUT2D eigenvalue weighted by Gasteiger charge is -2.17. The highest BCUT2D eigenvalue weighted by molar-refractivity contribution is 5.92. The molecule has 0 saturated carbocycles. The number of anilines is 1. The third-order valence-corrected chi connectivity index (χ3v) is 4.74. The number of benzene rings is 1. The molecule has 1 heterocycles. The summed E-state index contributed by atoms with van der Waals surface area (Å²) in [4.78, 5) is 14.3. The fourth-order valence-corrected chi connectivity index (χ4v) is 3.45. The van der Waals surface area contributed by atoms with Crippen molar-refractivity contribution in [2.45, 2.75) is 38.7 Å². The number of amides is 1. The van der Waals surface area contributed by atoms with E-state index in [0.717, 1.165) is 38.0 Å². The van der Waals surface area contributed by atoms with E-state index in [0.29, 0.717) is 12.5 Å². The zero-order valence-electron chi connectivity index (χ0n) is 12.6. The SMILES string of the molecule is CC(O)C1CCN(CC(=O)Nc2ccc3c(c2)CCC3)C1. The molecule has 1 aromatic rings. The number of carbonyl (C=O) groups is 1. The Kier molecular flexibility index (Phi) is 4.27. The second-order valence-electron chi connectivity index (χ2n) is 6.41. The van der Waals surface area contributed by atoms with Crippen molar-refractivity contribution in [2.75, 3.05) is 25.0 Å². The summed E-state index contributed by atoms with van der Waals surface area (Å²) in [5.41, 5.74) is 3.71. The molecule has 1 aliphatic heterocycles. The molecule has 0 radical (unpaired) electrons. The lowest BCUT2D eigenvalue weighted by molar-refractivity contribution is -0.117. The molecule has 1 aromatic carbocycles. The molecule has 4 nitrogen and oxygen atoms in total. The van der Waals surface area contributed by atoms with E-state index < -0.39 is 0 Å². The van der Waals surface area contributed by atoms with Crippen LogP contribution in [0.2, 0.25) is 0 Å². The third kappa shape index (κ3) is 3.44. The highest BCUT2D eigenvalue weighted by atomic mass is 16.3. The standard InChI is InChI=1S/C17H24N2O2/c1-12(20)15-7-8-19(10-15)11-17(21)18-16-6-5-13-3-2-4-14(13)9-16/h5-6,9,12,15,20H,2-4,7-8,10-11H2,1H3,(H,18,21). The molecule has 21 heavy (non-hydrogen) atoms. The van der Waals surface area contributed by atoms with Gasteiger partial charge < -0.3 is 10.4 Å². The molecule has 0 aromatic heterocycles. The van der Waals surface area contributed by atoms with Gasteiger partial charge in [-0.05, 0) is 68.3 Å². The van der Waals surface area contributed by atoms with Gasteiger partial charge in [0, 0.05) is 12.2 Å². The van der Waals surface area contributed by atoms with Gasteiger partial charge in [-0.3, -0.25) is 9.69 Å². The molecule has 1 aliphatic carbocycles. The molecule has 3 rings (SSSR count). The first-order valence-corrected chi connectivity index (χ1v) is 7.94. The fraction of sp³-hybridized carbons (Fsp3) is 0.588. The molecule has 1 saturated heterocycles. The summed E-state index contributed by atoms with van der Waals surface area (Å²) in [5.74, 6) is 0.344. The molecule has 2 unspecified atom stereocenters. The summed E-state index contributed by atoms with van der Waals surface area (Å²) < 4.78 is 0. The summed E-state index contributed by atoms with van der Waals surface area (Å²) in [5, 5.41) is 12.6. The Hall–Kier alpha value is -1.39. The van der Waals surface area contributed by atoms with E-state index in [1.54, 1.807) is 0 Å². The third-order valence-electron chi connectivity index (χ3n) is 4.74. The van der Waals surface area contributed by atoms with Gasteiger partial charge in [0.25, 0.3) is 0 Å². The first-order chi connectivity index (χ1) is 10.1. The first-order valence-electron chi connectivity index (χ1n) is 7.94. The lowest BCUT2D eigenvalue weighted by atomic mass is 10.0. The predicted molar refractivity (Wildman–Crippen MR) is 83.3 cm³/mol. The Morgan fingerprint density at radius 3 is 3.00 bits per heavy atom. The molecule has 4 heteroatoms. The summed E-state index contributed by atoms with van der Waals surface area (Å²) in [6.07, 6.45) is 4.21. The number of aryl methyl sites for hydroxylation is 2. The number of rotatable bonds is 4. The van der Waals surface area contributed by atoms with Gasteiger partial charge in [-0.1, -0.05) is 6.07 Å². The molecular formula is C17H24N2O2. The van der Waals surface area contributed by atoms with Crippen LogP contribution in [0, 0.1) is 5.92 Å². The Labute approximate surface area is 126 Å². The van der Waals surface area contributed by atoms with Crippen molar-refractivity contribution in [1.82, 2.24) is 4.90 Å². The largest absolute Gasteiger partial charge is 0.393 e. The molecule has 2 N–H and O–H groups in total. The number of nitrogens with one attached hydrogen (secondary N) is 1. The van der Waals surface area contributed by atoms with Crippen LogP contribution in [-0.4, -0.2) is 41.7 Å². The van der Waals surface area contributed by atoms with E-state index in [1.165, 1.54) is 17.5 Å². The van der Waals surface area contributed by atoms with Crippen LogP contribution in [0.25, 0.3) is 0 Å². The number of aliphatic hydroxyl groups excluding tert-OH is 1. The van der Waals surface area contributed by atoms with Crippen molar-refractivity contribution in [3.63, 3.8) is 0 Å². The number of nitrogens with zero attached hydrogens (tertiary/aromatic N) is 1. The van der Waals surface area contributed by atoms with Crippen molar-refractivity contribution < 1.29 is 9.90 Å². The van der Waals surface area contributed by atoms with E-state index in [2.05, 4.69) is 22.3 Å². The summed E-state index contributed by atoms with van der Waals surface area (Å²) in [7, 11) is 0. The van der Waals surface area contributed by atoms with Crippen molar-refractivity contribution in [3.8, 4) is 0 Å². The summed E-state index contributed by atoms with van der Waals surface area (Å²) >= 11 is 0. The number of aliphatic hydroxyl groups is 1. The Morgan fingerprint density at radius 1 is 1.43 bits per heavy atom. The molecule has 114 valence electrons. The molecule has 1 fully saturated rings. The van der Waals surface area contributed by atoms with Gasteiger partial charge in [-0.2, -0.15) is 0 Å². The Balaban J connectivity index is 1.53. The second-order valence-corrected chi connectivity index (χ2v) is 6.41. The van der Waals surface area contributed by atoms with Gasteiger partial charge in [0.1, 0.15) is 0 Å². The molecule has 0 spiro atoms. The number of fused-ring (bicyclic) bond motifs is 1. The monoisotopic (exact) mass is 288 g/mol. The molecule has 0 bridgehead atoms. The van der Waals surface area contributed by atoms with Crippen LogP contribution < -0.4 is 5.32 Å². The van der Waals surface area contributed by atoms with E-state index in [4.69, 9.17) is 0 Å². The molecule has 2 atom stereocenters. The predicted octanol–water partition coefficient (Wildman–Crippen LogP) is 1.82. The second kappa shape index (κ2) is 6.16. The Morgan fingerprint density at radius 2 is 2.24 bits per heavy atom. The van der Waals surface area contributed by atoms with Crippen LogP contribution in [-0.2, 0) is 17.6 Å². The average molecular weight is 288 g/mol. The highest BCUT2D eigenvalue weighted by Gasteiger charge is 2.27. The maximum atomic E-state index is 12.1. The first kappa shape index (κ1) is 14.5. The van der Waals surface area contributed by atoms with Crippen molar-refractivity contribution in [1.29, 1.82) is 0 Å². The minimum absolute atomic E-state index is 0.0409. The van der Waals surface area contributed by atoms with Crippen LogP contribution >= 0.6 is 0 Å². The number of carbonyl (C=O) groups excluding carboxylic acids is 1. The van der Waals surface area contributed by atoms with E-state index >= 15 is 0 Å². The maximum Gasteiger partial charge on any atom is 0.238 e. The highest BCUT2D eigenvalue weighted by Crippen LogP contribution is 2.25. The molecular weight excluding hydrogens is 264 g/mol. The van der Waals surface area contributed by atoms with Crippen LogP contribution in [0.1, 0.15) is 30.9 Å². The van der Waals surface area contributed by atoms with Gasteiger partial charge in [0.05, 0.1) is 12.6 Å². The summed E-state index contributed by atoms with van der Waals surface area (Å²) in [6, 6.07) is 6.25. The minimum Gasteiger partial charge on any atom is -0.393 e. The summed E-state index contributed by atoms with van der Waals surface area (Å²) in [6.45, 7) is 3.96. The fourth-order valence-electron chi connectivity index (χ4n) is 3.45. The maximum absolute atomic E-state index is 12.1. The van der Waals surface area contributed by atoms with Gasteiger partial charge >= 0.3 is 0 Å². The van der Waals surface area contributed by atoms with Crippen molar-refractivity contribution >= 4 is 11.6 Å². The zero-order chi connectivity index (χ0) is 14.8. The lowest BCUT2D eigenvalue weighted by Crippen LogP contribution is -2.32. The minimum atomic E-state index is -0.283. The Bertz CT molecular complexity index is 528. The van der Waals surface area contributed by atoms with Crippen molar-refractivity contribution in [2.24, 2.45) is 5.92 Å². The average Bonchev–Trinajstić information content (AvgIpc) is 3.06. The number of hydrogen-bond donors (Lipinski definition) is 2. The van der Waals surface area contributed by atoms with Gasteiger partial charge in [-0.25, -0.2) is 0 Å². The molecule has 1 amide bonds. The molecule has 2 aliphatic rings. The zero-order valence-corrected chi connectivity index (χ0v) is 12.6. The van der Waals surface area contributed by atoms with Crippen LogP contribution in [0.5, 0.6) is 0 Å². The van der Waals surface area contributed by atoms with Gasteiger partial charge in [0.2, 0.25) is 5.91 Å². The van der Waals surface area contributed by atoms with Gasteiger partial charge in [-0.15, -0.1) is 0 Å². The van der Waals surface area contributed by atoms with Crippen LogP contribution in [0.3, 0.4) is 0 Å². The van der Waals surface area contributed by atoms with Crippen LogP contribution in [0.4, 0.5) is 5.69 Å². The van der Waals surface area contributed by atoms with Crippen molar-refractivity contribution in [3.05, 3.63) is 29.3 Å². The number of hydrogen-bond acceptors (Lipinski definition) is 3. The van der Waals surface area contributed by atoms with E-state index in [-0.39, 0.29) is 12.0 Å². The van der Waals surface area contributed by atoms with E-state index in [1.807, 2.05) is 13.0 Å². The normalized spacial score (nSPS) is 23.0. The topological polar surface area (TPSA) is 52.6 Å². The van der Waals surface area contributed by atoms with Crippen LogP contribution in [0.15, 0.2) is 18.2 Å². The van der Waals surface area contributed by atoms with E-state index in [9.17, 15) is 9.90 Å². The van der Waals surface area contributed by atoms with Gasteiger partial charge in [0.15, 0.2) is 0 Å². The smallest absolute Gasteiger partial charge is 0.238 e. The number of likely N-dealkylation sites (tertiary alicyclic amines) is 1.